The van der Waals surface area contributed by atoms with Crippen LogP contribution in [-0.4, -0.2) is 33.5 Å². The number of aliphatic hydroxyl groups is 2. The molecule has 0 spiro atoms. The molecule has 2 aromatic rings. The first-order chi connectivity index (χ1) is 14.4. The Balaban J connectivity index is 1.59. The second kappa shape index (κ2) is 8.20. The van der Waals surface area contributed by atoms with Crippen molar-refractivity contribution in [1.82, 2.24) is 0 Å². The lowest BCUT2D eigenvalue weighted by atomic mass is 9.86. The third kappa shape index (κ3) is 3.73. The summed E-state index contributed by atoms with van der Waals surface area (Å²) < 4.78 is 20.3. The summed E-state index contributed by atoms with van der Waals surface area (Å²) in [4.78, 5) is 10.9. The molecule has 5 atom stereocenters. The Hall–Kier alpha value is -2.70. The first-order valence-electron chi connectivity index (χ1n) is 10.2. The van der Waals surface area contributed by atoms with Gasteiger partial charge in [0.2, 0.25) is 0 Å². The van der Waals surface area contributed by atoms with Crippen molar-refractivity contribution in [2.24, 2.45) is 5.92 Å². The summed E-state index contributed by atoms with van der Waals surface area (Å²) in [5, 5.41) is 30.1. The van der Waals surface area contributed by atoms with Gasteiger partial charge in [-0.15, -0.1) is 0 Å². The van der Waals surface area contributed by atoms with E-state index in [1.807, 2.05) is 18.2 Å². The smallest absolute Gasteiger partial charge is 0.303 e. The van der Waals surface area contributed by atoms with Crippen LogP contribution in [0, 0.1) is 18.7 Å². The van der Waals surface area contributed by atoms with Gasteiger partial charge in [0.1, 0.15) is 23.8 Å². The summed E-state index contributed by atoms with van der Waals surface area (Å²) in [6.07, 6.45) is 2.19. The summed E-state index contributed by atoms with van der Waals surface area (Å²) >= 11 is 0. The fourth-order valence-electron chi connectivity index (χ4n) is 4.76. The highest BCUT2D eigenvalue weighted by Gasteiger charge is 2.48. The summed E-state index contributed by atoms with van der Waals surface area (Å²) in [6.45, 7) is 1.75. The van der Waals surface area contributed by atoms with Crippen molar-refractivity contribution < 1.29 is 29.2 Å². The van der Waals surface area contributed by atoms with Crippen LogP contribution in [0.4, 0.5) is 4.39 Å². The number of aliphatic carboxylic acids is 1. The van der Waals surface area contributed by atoms with Crippen molar-refractivity contribution in [3.8, 4) is 5.75 Å². The lowest BCUT2D eigenvalue weighted by Gasteiger charge is -2.18. The quantitative estimate of drug-likeness (QED) is 0.631. The van der Waals surface area contributed by atoms with E-state index in [0.29, 0.717) is 24.2 Å². The van der Waals surface area contributed by atoms with E-state index in [-0.39, 0.29) is 29.9 Å². The molecule has 6 heteroatoms. The predicted octanol–water partition coefficient (Wildman–Crippen LogP) is 3.67. The number of aryl methyl sites for hydroxylation is 2. The predicted molar refractivity (Wildman–Crippen MR) is 109 cm³/mol. The van der Waals surface area contributed by atoms with Crippen LogP contribution < -0.4 is 4.74 Å². The van der Waals surface area contributed by atoms with Crippen molar-refractivity contribution in [1.29, 1.82) is 0 Å². The zero-order chi connectivity index (χ0) is 21.4. The van der Waals surface area contributed by atoms with Gasteiger partial charge < -0.3 is 20.1 Å². The van der Waals surface area contributed by atoms with Crippen LogP contribution in [-0.2, 0) is 11.2 Å². The third-order valence-electron chi connectivity index (χ3n) is 6.18. The van der Waals surface area contributed by atoms with E-state index in [4.69, 9.17) is 9.84 Å². The molecule has 1 unspecified atom stereocenters. The van der Waals surface area contributed by atoms with Gasteiger partial charge in [-0.05, 0) is 30.5 Å². The molecule has 1 saturated carbocycles. The molecule has 4 rings (SSSR count). The average molecular weight is 412 g/mol. The van der Waals surface area contributed by atoms with Crippen LogP contribution in [0.5, 0.6) is 5.75 Å². The number of hydrogen-bond donors (Lipinski definition) is 3. The van der Waals surface area contributed by atoms with Gasteiger partial charge in [-0.1, -0.05) is 42.5 Å². The maximum Gasteiger partial charge on any atom is 0.303 e. The molecule has 0 radical (unpaired) electrons. The Morgan fingerprint density at radius 2 is 2.07 bits per heavy atom. The molecule has 2 aliphatic rings. The van der Waals surface area contributed by atoms with Crippen LogP contribution in [0.1, 0.15) is 47.1 Å². The SMILES string of the molecule is Cc1cccc(F)c1[C@H](O)/C=C/C1[C@H](O)C[C@@H]2Oc3c(CCC(=O)O)cccc3[C@H]12. The third-order valence-corrected chi connectivity index (χ3v) is 6.18. The topological polar surface area (TPSA) is 87.0 Å². The first kappa shape index (κ1) is 20.6. The zero-order valence-electron chi connectivity index (χ0n) is 16.7. The Morgan fingerprint density at radius 3 is 2.80 bits per heavy atom. The molecular weight excluding hydrogens is 387 g/mol. The van der Waals surface area contributed by atoms with Gasteiger partial charge in [0.05, 0.1) is 6.10 Å². The molecule has 30 heavy (non-hydrogen) atoms. The molecule has 0 amide bonds. The minimum Gasteiger partial charge on any atom is -0.489 e. The number of rotatable bonds is 6. The number of benzene rings is 2. The summed E-state index contributed by atoms with van der Waals surface area (Å²) in [5.74, 6) is -0.990. The lowest BCUT2D eigenvalue weighted by molar-refractivity contribution is -0.136. The molecule has 158 valence electrons. The second-order valence-electron chi connectivity index (χ2n) is 8.09. The van der Waals surface area contributed by atoms with Gasteiger partial charge in [-0.3, -0.25) is 4.79 Å². The molecule has 0 aromatic heterocycles. The van der Waals surface area contributed by atoms with Crippen molar-refractivity contribution in [3.63, 3.8) is 0 Å². The number of ether oxygens (including phenoxy) is 1. The number of fused-ring (bicyclic) bond motifs is 3. The van der Waals surface area contributed by atoms with Crippen LogP contribution in [0.2, 0.25) is 0 Å². The zero-order valence-corrected chi connectivity index (χ0v) is 16.7. The van der Waals surface area contributed by atoms with Gasteiger partial charge in [0.25, 0.3) is 0 Å². The van der Waals surface area contributed by atoms with E-state index in [0.717, 1.165) is 11.1 Å². The number of carbonyl (C=O) groups is 1. The van der Waals surface area contributed by atoms with Crippen molar-refractivity contribution >= 4 is 5.97 Å². The maximum absolute atomic E-state index is 14.2. The van der Waals surface area contributed by atoms with Crippen LogP contribution >= 0.6 is 0 Å². The highest BCUT2D eigenvalue weighted by molar-refractivity contribution is 5.67. The summed E-state index contributed by atoms with van der Waals surface area (Å²) in [6, 6.07) is 10.4. The summed E-state index contributed by atoms with van der Waals surface area (Å²) in [7, 11) is 0. The van der Waals surface area contributed by atoms with Gasteiger partial charge in [-0.25, -0.2) is 4.39 Å². The molecule has 1 aliphatic heterocycles. The molecule has 0 saturated heterocycles. The molecule has 0 bridgehead atoms. The average Bonchev–Trinajstić information content (AvgIpc) is 3.19. The normalized spacial score (nSPS) is 25.7. The van der Waals surface area contributed by atoms with Gasteiger partial charge in [-0.2, -0.15) is 0 Å². The van der Waals surface area contributed by atoms with E-state index < -0.39 is 24.0 Å². The molecule has 2 aromatic carbocycles. The molecule has 5 nitrogen and oxygen atoms in total. The van der Waals surface area contributed by atoms with Crippen molar-refractivity contribution in [2.45, 2.75) is 50.4 Å². The largest absolute Gasteiger partial charge is 0.489 e. The van der Waals surface area contributed by atoms with Crippen LogP contribution in [0.3, 0.4) is 0 Å². The minimum absolute atomic E-state index is 0.0231. The minimum atomic E-state index is -1.11. The highest BCUT2D eigenvalue weighted by atomic mass is 19.1. The maximum atomic E-state index is 14.2. The summed E-state index contributed by atoms with van der Waals surface area (Å²) in [5.41, 5.74) is 2.70. The highest BCUT2D eigenvalue weighted by Crippen LogP contribution is 2.52. The fourth-order valence-corrected chi connectivity index (χ4v) is 4.76. The van der Waals surface area contributed by atoms with Crippen LogP contribution in [0.15, 0.2) is 48.6 Å². The van der Waals surface area contributed by atoms with Gasteiger partial charge in [0.15, 0.2) is 0 Å². The van der Waals surface area contributed by atoms with Crippen molar-refractivity contribution in [3.05, 3.63) is 76.6 Å². The van der Waals surface area contributed by atoms with E-state index in [1.165, 1.54) is 12.1 Å². The molecule has 1 aliphatic carbocycles. The number of hydrogen-bond acceptors (Lipinski definition) is 4. The number of carboxylic acid groups (broad SMARTS) is 1. The monoisotopic (exact) mass is 412 g/mol. The van der Waals surface area contributed by atoms with Gasteiger partial charge in [0, 0.05) is 35.8 Å². The Bertz CT molecular complexity index is 965. The van der Waals surface area contributed by atoms with Crippen LogP contribution in [0.25, 0.3) is 0 Å². The lowest BCUT2D eigenvalue weighted by Crippen LogP contribution is -2.16. The molecule has 1 heterocycles. The van der Waals surface area contributed by atoms with E-state index in [9.17, 15) is 19.4 Å². The number of carboxylic acids is 1. The van der Waals surface area contributed by atoms with E-state index in [1.54, 1.807) is 25.1 Å². The van der Waals surface area contributed by atoms with Crippen molar-refractivity contribution in [2.75, 3.05) is 0 Å². The number of aliphatic hydroxyl groups excluding tert-OH is 2. The Morgan fingerprint density at radius 1 is 1.30 bits per heavy atom. The Labute approximate surface area is 174 Å². The van der Waals surface area contributed by atoms with E-state index >= 15 is 0 Å². The fraction of sp³-hybridized carbons (Fsp3) is 0.375. The standard InChI is InChI=1S/C24H25FO5/c1-13-4-2-7-17(25)22(13)18(26)10-9-15-19(27)12-20-23(15)16-6-3-5-14(24(16)30-20)8-11-21(28)29/h2-7,9-10,15,18-20,23,26-27H,8,11-12H2,1H3,(H,28,29)/b10-9+/t15?,18-,19-,20+,23+/m1/s1. The van der Waals surface area contributed by atoms with E-state index in [2.05, 4.69) is 0 Å². The number of halogens is 1. The molecular formula is C24H25FO5. The molecule has 1 fully saturated rings. The first-order valence-corrected chi connectivity index (χ1v) is 10.2. The Kier molecular flexibility index (Phi) is 5.62. The second-order valence-corrected chi connectivity index (χ2v) is 8.09. The number of para-hydroxylation sites is 1. The molecule has 3 N–H and O–H groups in total. The van der Waals surface area contributed by atoms with Gasteiger partial charge >= 0.3 is 5.97 Å².